The minimum Gasteiger partial charge on any atom is -0.377 e. The van der Waals surface area contributed by atoms with Crippen LogP contribution in [0.25, 0.3) is 0 Å². The average molecular weight is 256 g/mol. The Morgan fingerprint density at radius 2 is 2.12 bits per heavy atom. The molecule has 0 aliphatic heterocycles. The van der Waals surface area contributed by atoms with E-state index in [0.717, 1.165) is 22.6 Å². The molecule has 0 heterocycles. The molecular weight excluding hydrogens is 234 g/mol. The fourth-order valence-corrected chi connectivity index (χ4v) is 2.27. The summed E-state index contributed by atoms with van der Waals surface area (Å²) in [5, 5.41) is 4.13. The van der Waals surface area contributed by atoms with Gasteiger partial charge in [0.05, 0.1) is 11.6 Å². The highest BCUT2D eigenvalue weighted by Gasteiger charge is 2.32. The second-order valence-electron chi connectivity index (χ2n) is 4.60. The molecule has 96 valence electrons. The molecule has 2 unspecified atom stereocenters. The molecule has 1 aromatic carbocycles. The first-order chi connectivity index (χ1) is 7.98. The topological polar surface area (TPSA) is 21.3 Å². The highest BCUT2D eigenvalue weighted by molar-refractivity contribution is 6.31. The van der Waals surface area contributed by atoms with E-state index in [9.17, 15) is 0 Å². The Morgan fingerprint density at radius 3 is 2.53 bits per heavy atom. The predicted molar refractivity (Wildman–Crippen MR) is 73.7 cm³/mol. The Balaban J connectivity index is 3.13. The highest BCUT2D eigenvalue weighted by Crippen LogP contribution is 2.33. The SMILES string of the molecule is CCC(C)(OC)C(NC)c1ccc(C)c(Cl)c1. The monoisotopic (exact) mass is 255 g/mol. The summed E-state index contributed by atoms with van der Waals surface area (Å²) >= 11 is 6.18. The zero-order chi connectivity index (χ0) is 13.1. The summed E-state index contributed by atoms with van der Waals surface area (Å²) in [5.74, 6) is 0. The van der Waals surface area contributed by atoms with E-state index in [4.69, 9.17) is 16.3 Å². The lowest BCUT2D eigenvalue weighted by atomic mass is 9.87. The van der Waals surface area contributed by atoms with Gasteiger partial charge in [-0.15, -0.1) is 0 Å². The average Bonchev–Trinajstić information content (AvgIpc) is 2.34. The van der Waals surface area contributed by atoms with E-state index in [1.807, 2.05) is 26.1 Å². The van der Waals surface area contributed by atoms with E-state index in [-0.39, 0.29) is 11.6 Å². The number of ether oxygens (including phenoxy) is 1. The summed E-state index contributed by atoms with van der Waals surface area (Å²) in [4.78, 5) is 0. The maximum absolute atomic E-state index is 6.18. The van der Waals surface area contributed by atoms with Gasteiger partial charge in [-0.1, -0.05) is 30.7 Å². The second-order valence-corrected chi connectivity index (χ2v) is 5.01. The van der Waals surface area contributed by atoms with Gasteiger partial charge < -0.3 is 10.1 Å². The quantitative estimate of drug-likeness (QED) is 0.866. The Kier molecular flexibility index (Phi) is 4.99. The Hall–Kier alpha value is -0.570. The molecular formula is C14H22ClNO. The van der Waals surface area contributed by atoms with Crippen molar-refractivity contribution in [3.63, 3.8) is 0 Å². The second kappa shape index (κ2) is 5.85. The molecule has 0 bridgehead atoms. The third-order valence-corrected chi connectivity index (χ3v) is 4.00. The van der Waals surface area contributed by atoms with E-state index in [1.54, 1.807) is 7.11 Å². The highest BCUT2D eigenvalue weighted by atomic mass is 35.5. The molecule has 3 heteroatoms. The molecule has 0 aliphatic rings. The van der Waals surface area contributed by atoms with E-state index in [1.165, 1.54) is 0 Å². The molecule has 2 nitrogen and oxygen atoms in total. The first-order valence-corrected chi connectivity index (χ1v) is 6.34. The van der Waals surface area contributed by atoms with Crippen molar-refractivity contribution in [2.75, 3.05) is 14.2 Å². The fourth-order valence-electron chi connectivity index (χ4n) is 2.08. The van der Waals surface area contributed by atoms with Gasteiger partial charge in [0.15, 0.2) is 0 Å². The fraction of sp³-hybridized carbons (Fsp3) is 0.571. The van der Waals surface area contributed by atoms with Crippen LogP contribution in [-0.2, 0) is 4.74 Å². The van der Waals surface area contributed by atoms with Gasteiger partial charge in [0.2, 0.25) is 0 Å². The van der Waals surface area contributed by atoms with Gasteiger partial charge in [-0.2, -0.15) is 0 Å². The lowest BCUT2D eigenvalue weighted by molar-refractivity contribution is -0.0280. The van der Waals surface area contributed by atoms with Gasteiger partial charge >= 0.3 is 0 Å². The van der Waals surface area contributed by atoms with Gasteiger partial charge in [-0.05, 0) is 44.5 Å². The number of nitrogens with one attached hydrogen (secondary N) is 1. The summed E-state index contributed by atoms with van der Waals surface area (Å²) < 4.78 is 5.66. The number of methoxy groups -OCH3 is 1. The number of halogens is 1. The van der Waals surface area contributed by atoms with Crippen LogP contribution in [0.5, 0.6) is 0 Å². The molecule has 0 aliphatic carbocycles. The van der Waals surface area contributed by atoms with Crippen LogP contribution in [0.2, 0.25) is 5.02 Å². The van der Waals surface area contributed by atoms with Crippen LogP contribution >= 0.6 is 11.6 Å². The van der Waals surface area contributed by atoms with Crippen LogP contribution in [0.3, 0.4) is 0 Å². The zero-order valence-electron chi connectivity index (χ0n) is 11.3. The molecule has 0 saturated carbocycles. The molecule has 0 fully saturated rings. The predicted octanol–water partition coefficient (Wildman–Crippen LogP) is 3.72. The van der Waals surface area contributed by atoms with Crippen LogP contribution in [0.4, 0.5) is 0 Å². The number of benzene rings is 1. The lowest BCUT2D eigenvalue weighted by Gasteiger charge is -2.36. The van der Waals surface area contributed by atoms with Crippen molar-refractivity contribution in [2.24, 2.45) is 0 Å². The smallest absolute Gasteiger partial charge is 0.0841 e. The van der Waals surface area contributed by atoms with Crippen LogP contribution in [0.1, 0.15) is 37.4 Å². The van der Waals surface area contributed by atoms with Crippen molar-refractivity contribution in [2.45, 2.75) is 38.8 Å². The van der Waals surface area contributed by atoms with E-state index in [2.05, 4.69) is 25.2 Å². The van der Waals surface area contributed by atoms with E-state index < -0.39 is 0 Å². The van der Waals surface area contributed by atoms with Gasteiger partial charge in [0.25, 0.3) is 0 Å². The molecule has 0 spiro atoms. The van der Waals surface area contributed by atoms with Gasteiger partial charge in [-0.25, -0.2) is 0 Å². The Bertz CT molecular complexity index is 374. The molecule has 0 amide bonds. The first-order valence-electron chi connectivity index (χ1n) is 5.97. The van der Waals surface area contributed by atoms with Crippen LogP contribution in [0, 0.1) is 6.92 Å². The minimum atomic E-state index is -0.229. The van der Waals surface area contributed by atoms with Crippen molar-refractivity contribution in [1.29, 1.82) is 0 Å². The summed E-state index contributed by atoms with van der Waals surface area (Å²) in [5.41, 5.74) is 2.03. The van der Waals surface area contributed by atoms with Crippen molar-refractivity contribution >= 4 is 11.6 Å². The molecule has 1 aromatic rings. The summed E-state index contributed by atoms with van der Waals surface area (Å²) in [6.45, 7) is 6.25. The summed E-state index contributed by atoms with van der Waals surface area (Å²) in [6, 6.07) is 6.31. The first kappa shape index (κ1) is 14.5. The normalized spacial score (nSPS) is 16.6. The third-order valence-electron chi connectivity index (χ3n) is 3.60. The van der Waals surface area contributed by atoms with Crippen molar-refractivity contribution in [1.82, 2.24) is 5.32 Å². The number of hydrogen-bond donors (Lipinski definition) is 1. The number of likely N-dealkylation sites (N-methyl/N-ethyl adjacent to an activating group) is 1. The van der Waals surface area contributed by atoms with Crippen molar-refractivity contribution in [3.05, 3.63) is 34.3 Å². The summed E-state index contributed by atoms with van der Waals surface area (Å²) in [7, 11) is 3.70. The van der Waals surface area contributed by atoms with Crippen LogP contribution in [0.15, 0.2) is 18.2 Å². The van der Waals surface area contributed by atoms with E-state index in [0.29, 0.717) is 0 Å². The number of rotatable bonds is 5. The summed E-state index contributed by atoms with van der Waals surface area (Å²) in [6.07, 6.45) is 0.931. The van der Waals surface area contributed by atoms with Crippen LogP contribution < -0.4 is 5.32 Å². The van der Waals surface area contributed by atoms with E-state index >= 15 is 0 Å². The third kappa shape index (κ3) is 3.01. The van der Waals surface area contributed by atoms with Crippen molar-refractivity contribution < 1.29 is 4.74 Å². The zero-order valence-corrected chi connectivity index (χ0v) is 12.1. The molecule has 1 rings (SSSR count). The largest absolute Gasteiger partial charge is 0.377 e. The molecule has 2 atom stereocenters. The van der Waals surface area contributed by atoms with Crippen molar-refractivity contribution in [3.8, 4) is 0 Å². The molecule has 0 radical (unpaired) electrons. The van der Waals surface area contributed by atoms with Gasteiger partial charge in [0, 0.05) is 12.1 Å². The van der Waals surface area contributed by atoms with Crippen LogP contribution in [-0.4, -0.2) is 19.8 Å². The van der Waals surface area contributed by atoms with Gasteiger partial charge in [-0.3, -0.25) is 0 Å². The maximum Gasteiger partial charge on any atom is 0.0841 e. The molecule has 17 heavy (non-hydrogen) atoms. The number of hydrogen-bond acceptors (Lipinski definition) is 2. The lowest BCUT2D eigenvalue weighted by Crippen LogP contribution is -2.41. The van der Waals surface area contributed by atoms with Gasteiger partial charge in [0.1, 0.15) is 0 Å². The Morgan fingerprint density at radius 1 is 1.47 bits per heavy atom. The molecule has 0 aromatic heterocycles. The Labute approximate surface area is 109 Å². The minimum absolute atomic E-state index is 0.135. The maximum atomic E-state index is 6.18. The number of aryl methyl sites for hydroxylation is 1. The molecule has 0 saturated heterocycles. The molecule has 1 N–H and O–H groups in total. The standard InChI is InChI=1S/C14H22ClNO/c1-6-14(3,17-5)13(16-4)11-8-7-10(2)12(15)9-11/h7-9,13,16H,6H2,1-5H3.